The number of benzene rings is 1. The molecule has 1 aliphatic rings. The normalized spacial score (nSPS) is 15.2. The van der Waals surface area contributed by atoms with E-state index in [0.29, 0.717) is 31.8 Å². The first-order valence-electron chi connectivity index (χ1n) is 8.31. The lowest BCUT2D eigenvalue weighted by Crippen LogP contribution is -2.49. The number of anilines is 1. The van der Waals surface area contributed by atoms with Crippen LogP contribution in [0.1, 0.15) is 12.8 Å². The predicted molar refractivity (Wildman–Crippen MR) is 91.7 cm³/mol. The maximum Gasteiger partial charge on any atom is 0.406 e. The lowest BCUT2D eigenvalue weighted by Gasteiger charge is -2.34. The van der Waals surface area contributed by atoms with Crippen molar-refractivity contribution in [2.24, 2.45) is 0 Å². The Kier molecular flexibility index (Phi) is 7.00. The Bertz CT molecular complexity index is 623. The molecule has 0 unspecified atom stereocenters. The molecule has 1 fully saturated rings. The fraction of sp³-hybridized carbons (Fsp3) is 0.588. The molecular formula is C17H23F3N2O5. The quantitative estimate of drug-likeness (QED) is 0.805. The van der Waals surface area contributed by atoms with Crippen molar-refractivity contribution in [3.05, 3.63) is 12.1 Å². The first-order chi connectivity index (χ1) is 12.8. The Morgan fingerprint density at radius 3 is 2.15 bits per heavy atom. The maximum atomic E-state index is 13.0. The van der Waals surface area contributed by atoms with Crippen molar-refractivity contribution in [2.45, 2.75) is 25.1 Å². The van der Waals surface area contributed by atoms with Gasteiger partial charge in [0.25, 0.3) is 0 Å². The second-order valence-corrected chi connectivity index (χ2v) is 5.93. The number of rotatable bonds is 6. The van der Waals surface area contributed by atoms with Crippen molar-refractivity contribution in [1.82, 2.24) is 4.90 Å². The SMILES string of the molecule is COc1cc(NC(=O)N(CC(F)(F)F)C2CCOCC2)cc(OC)c1OC. The fourth-order valence-corrected chi connectivity index (χ4v) is 2.91. The number of hydrogen-bond donors (Lipinski definition) is 1. The van der Waals surface area contributed by atoms with Gasteiger partial charge in [-0.1, -0.05) is 0 Å². The molecule has 27 heavy (non-hydrogen) atoms. The van der Waals surface area contributed by atoms with Crippen molar-refractivity contribution < 1.29 is 36.9 Å². The van der Waals surface area contributed by atoms with Gasteiger partial charge >= 0.3 is 12.2 Å². The van der Waals surface area contributed by atoms with Gasteiger partial charge in [-0.3, -0.25) is 0 Å². The molecule has 0 radical (unpaired) electrons. The maximum absolute atomic E-state index is 13.0. The number of nitrogens with zero attached hydrogens (tertiary/aromatic N) is 1. The van der Waals surface area contributed by atoms with Crippen LogP contribution in [0.4, 0.5) is 23.7 Å². The van der Waals surface area contributed by atoms with Crippen LogP contribution in [-0.2, 0) is 4.74 Å². The van der Waals surface area contributed by atoms with E-state index in [1.165, 1.54) is 33.5 Å². The second-order valence-electron chi connectivity index (χ2n) is 5.93. The topological polar surface area (TPSA) is 69.3 Å². The highest BCUT2D eigenvalue weighted by molar-refractivity contribution is 5.90. The van der Waals surface area contributed by atoms with Crippen LogP contribution in [0.2, 0.25) is 0 Å². The van der Waals surface area contributed by atoms with Crippen LogP contribution in [0.3, 0.4) is 0 Å². The van der Waals surface area contributed by atoms with Gasteiger partial charge in [-0.2, -0.15) is 13.2 Å². The lowest BCUT2D eigenvalue weighted by molar-refractivity contribution is -0.146. The van der Waals surface area contributed by atoms with E-state index in [1.807, 2.05) is 0 Å². The number of ether oxygens (including phenoxy) is 4. The predicted octanol–water partition coefficient (Wildman–Crippen LogP) is 3.29. The summed E-state index contributed by atoms with van der Waals surface area (Å²) in [6, 6.07) is 1.50. The first kappa shape index (κ1) is 20.9. The smallest absolute Gasteiger partial charge is 0.406 e. The standard InChI is InChI=1S/C17H23F3N2O5/c1-24-13-8-11(9-14(25-2)15(13)26-3)21-16(23)22(10-17(18,19)20)12-4-6-27-7-5-12/h8-9,12H,4-7,10H2,1-3H3,(H,21,23). The van der Waals surface area contributed by atoms with Crippen molar-refractivity contribution in [2.75, 3.05) is 46.4 Å². The largest absolute Gasteiger partial charge is 0.493 e. The van der Waals surface area contributed by atoms with Crippen molar-refractivity contribution >= 4 is 11.7 Å². The molecule has 1 aliphatic heterocycles. The summed E-state index contributed by atoms with van der Waals surface area (Å²) in [5.41, 5.74) is 0.230. The molecule has 0 bridgehead atoms. The Balaban J connectivity index is 2.25. The summed E-state index contributed by atoms with van der Waals surface area (Å²) in [6.45, 7) is -0.707. The van der Waals surface area contributed by atoms with Gasteiger partial charge in [0.15, 0.2) is 11.5 Å². The number of carbonyl (C=O) groups excluding carboxylic acids is 1. The molecule has 7 nitrogen and oxygen atoms in total. The molecule has 0 aliphatic carbocycles. The van der Waals surface area contributed by atoms with Crippen LogP contribution in [0.15, 0.2) is 12.1 Å². The third kappa shape index (κ3) is 5.56. The summed E-state index contributed by atoms with van der Waals surface area (Å²) in [5, 5.41) is 2.49. The number of carbonyl (C=O) groups is 1. The number of nitrogens with one attached hydrogen (secondary N) is 1. The molecule has 1 heterocycles. The van der Waals surface area contributed by atoms with Gasteiger partial charge < -0.3 is 29.2 Å². The lowest BCUT2D eigenvalue weighted by atomic mass is 10.1. The molecule has 0 aromatic heterocycles. The van der Waals surface area contributed by atoms with E-state index in [0.717, 1.165) is 4.90 Å². The Labute approximate surface area is 155 Å². The Hall–Kier alpha value is -2.36. The van der Waals surface area contributed by atoms with Crippen molar-refractivity contribution in [1.29, 1.82) is 0 Å². The van der Waals surface area contributed by atoms with Gasteiger partial charge in [0.2, 0.25) is 5.75 Å². The van der Waals surface area contributed by atoms with Gasteiger partial charge in [-0.05, 0) is 12.8 Å². The summed E-state index contributed by atoms with van der Waals surface area (Å²) in [7, 11) is 4.23. The molecule has 152 valence electrons. The number of amides is 2. The molecule has 1 N–H and O–H groups in total. The van der Waals surface area contributed by atoms with Gasteiger partial charge in [0, 0.05) is 31.4 Å². The third-order valence-corrected chi connectivity index (χ3v) is 4.16. The van der Waals surface area contributed by atoms with E-state index in [4.69, 9.17) is 18.9 Å². The van der Waals surface area contributed by atoms with Gasteiger partial charge in [-0.25, -0.2) is 4.79 Å². The zero-order chi connectivity index (χ0) is 20.0. The minimum absolute atomic E-state index is 0.230. The van der Waals surface area contributed by atoms with Crippen LogP contribution in [0.5, 0.6) is 17.2 Å². The van der Waals surface area contributed by atoms with Crippen LogP contribution >= 0.6 is 0 Å². The van der Waals surface area contributed by atoms with Crippen LogP contribution < -0.4 is 19.5 Å². The molecule has 0 atom stereocenters. The third-order valence-electron chi connectivity index (χ3n) is 4.16. The van der Waals surface area contributed by atoms with Gasteiger partial charge in [0.1, 0.15) is 6.54 Å². The first-order valence-corrected chi connectivity index (χ1v) is 8.31. The van der Waals surface area contributed by atoms with Gasteiger partial charge in [0.05, 0.1) is 27.0 Å². The minimum Gasteiger partial charge on any atom is -0.493 e. The number of halogens is 3. The number of methoxy groups -OCH3 is 3. The van der Waals surface area contributed by atoms with E-state index in [-0.39, 0.29) is 17.2 Å². The summed E-state index contributed by atoms with van der Waals surface area (Å²) in [5.74, 6) is 0.871. The van der Waals surface area contributed by atoms with Crippen LogP contribution in [-0.4, -0.2) is 64.2 Å². The van der Waals surface area contributed by atoms with E-state index in [2.05, 4.69) is 5.32 Å². The summed E-state index contributed by atoms with van der Waals surface area (Å²) in [4.78, 5) is 13.4. The monoisotopic (exact) mass is 392 g/mol. The molecule has 0 spiro atoms. The summed E-state index contributed by atoms with van der Waals surface area (Å²) >= 11 is 0. The molecule has 1 aromatic carbocycles. The second kappa shape index (κ2) is 9.03. The minimum atomic E-state index is -4.51. The van der Waals surface area contributed by atoms with Crippen LogP contribution in [0, 0.1) is 0 Å². The highest BCUT2D eigenvalue weighted by Crippen LogP contribution is 2.40. The molecule has 10 heteroatoms. The van der Waals surface area contributed by atoms with E-state index in [1.54, 1.807) is 0 Å². The van der Waals surface area contributed by atoms with Crippen LogP contribution in [0.25, 0.3) is 0 Å². The highest BCUT2D eigenvalue weighted by Gasteiger charge is 2.37. The van der Waals surface area contributed by atoms with Crippen molar-refractivity contribution in [3.8, 4) is 17.2 Å². The zero-order valence-electron chi connectivity index (χ0n) is 15.4. The number of alkyl halides is 3. The zero-order valence-corrected chi connectivity index (χ0v) is 15.4. The van der Waals surface area contributed by atoms with E-state index in [9.17, 15) is 18.0 Å². The van der Waals surface area contributed by atoms with Gasteiger partial charge in [-0.15, -0.1) is 0 Å². The average Bonchev–Trinajstić information content (AvgIpc) is 2.65. The summed E-state index contributed by atoms with van der Waals surface area (Å²) in [6.07, 6.45) is -3.82. The molecule has 0 saturated carbocycles. The molecule has 1 aromatic rings. The Morgan fingerprint density at radius 1 is 1.15 bits per heavy atom. The molecule has 2 amide bonds. The van der Waals surface area contributed by atoms with Crippen molar-refractivity contribution in [3.63, 3.8) is 0 Å². The molecule has 2 rings (SSSR count). The Morgan fingerprint density at radius 2 is 1.70 bits per heavy atom. The number of urea groups is 1. The molecule has 1 saturated heterocycles. The molecular weight excluding hydrogens is 369 g/mol. The fourth-order valence-electron chi connectivity index (χ4n) is 2.91. The highest BCUT2D eigenvalue weighted by atomic mass is 19.4. The average molecular weight is 392 g/mol. The van der Waals surface area contributed by atoms with E-state index < -0.39 is 24.8 Å². The summed E-state index contributed by atoms with van der Waals surface area (Å²) < 4.78 is 59.7. The van der Waals surface area contributed by atoms with E-state index >= 15 is 0 Å². The number of hydrogen-bond acceptors (Lipinski definition) is 5.